The molecule has 1 amide bonds. The molecule has 1 aliphatic rings. The Morgan fingerprint density at radius 3 is 2.78 bits per heavy atom. The van der Waals surface area contributed by atoms with Gasteiger partial charge in [-0.15, -0.1) is 0 Å². The van der Waals surface area contributed by atoms with Gasteiger partial charge in [0.25, 0.3) is 5.69 Å². The van der Waals surface area contributed by atoms with E-state index in [1.165, 1.54) is 6.07 Å². The second-order valence-electron chi connectivity index (χ2n) is 6.72. The number of carbonyl (C=O) groups excluding carboxylic acids is 1. The number of hydrogen-bond acceptors (Lipinski definition) is 4. The highest BCUT2D eigenvalue weighted by atomic mass is 16.6. The fourth-order valence-electron chi connectivity index (χ4n) is 2.82. The van der Waals surface area contributed by atoms with Crippen LogP contribution in [0.2, 0.25) is 0 Å². The van der Waals surface area contributed by atoms with Gasteiger partial charge in [-0.2, -0.15) is 0 Å². The zero-order valence-corrected chi connectivity index (χ0v) is 13.4. The van der Waals surface area contributed by atoms with Gasteiger partial charge in [0, 0.05) is 35.3 Å². The number of nitro benzene ring substituents is 1. The van der Waals surface area contributed by atoms with Crippen LogP contribution in [-0.4, -0.2) is 33.0 Å². The SMILES string of the molecule is CC(C)(C)OC(=O)N1CCc2c([nH]c3ccc([N+](=O)[O-])cc23)C1. The minimum Gasteiger partial charge on any atom is -0.444 e. The molecule has 0 saturated heterocycles. The molecule has 0 atom stereocenters. The van der Waals surface area contributed by atoms with Crippen LogP contribution in [0.4, 0.5) is 10.5 Å². The predicted molar refractivity (Wildman–Crippen MR) is 85.3 cm³/mol. The minimum absolute atomic E-state index is 0.0777. The Bertz CT molecular complexity index is 788. The second kappa shape index (κ2) is 5.26. The Morgan fingerprint density at radius 2 is 2.13 bits per heavy atom. The van der Waals surface area contributed by atoms with Crippen molar-refractivity contribution in [2.75, 3.05) is 6.54 Å². The van der Waals surface area contributed by atoms with E-state index in [0.29, 0.717) is 19.5 Å². The maximum Gasteiger partial charge on any atom is 0.410 e. The third-order valence-corrected chi connectivity index (χ3v) is 3.82. The Labute approximate surface area is 133 Å². The van der Waals surface area contributed by atoms with Crippen molar-refractivity contribution in [3.05, 3.63) is 39.6 Å². The molecular weight excluding hydrogens is 298 g/mol. The van der Waals surface area contributed by atoms with Gasteiger partial charge in [-0.1, -0.05) is 0 Å². The van der Waals surface area contributed by atoms with Crippen molar-refractivity contribution in [2.45, 2.75) is 39.3 Å². The Hall–Kier alpha value is -2.57. The van der Waals surface area contributed by atoms with Crippen LogP contribution >= 0.6 is 0 Å². The minimum atomic E-state index is -0.529. The van der Waals surface area contributed by atoms with E-state index < -0.39 is 10.5 Å². The molecule has 0 aliphatic carbocycles. The molecule has 7 nitrogen and oxygen atoms in total. The largest absolute Gasteiger partial charge is 0.444 e. The third kappa shape index (κ3) is 2.99. The zero-order valence-electron chi connectivity index (χ0n) is 13.4. The van der Waals surface area contributed by atoms with Crippen molar-refractivity contribution >= 4 is 22.7 Å². The Morgan fingerprint density at radius 1 is 1.39 bits per heavy atom. The van der Waals surface area contributed by atoms with E-state index >= 15 is 0 Å². The molecule has 1 aromatic carbocycles. The number of aromatic amines is 1. The van der Waals surface area contributed by atoms with Crippen molar-refractivity contribution in [2.24, 2.45) is 0 Å². The van der Waals surface area contributed by atoms with Gasteiger partial charge >= 0.3 is 6.09 Å². The first-order chi connectivity index (χ1) is 10.7. The summed E-state index contributed by atoms with van der Waals surface area (Å²) in [6, 6.07) is 4.79. The third-order valence-electron chi connectivity index (χ3n) is 3.82. The van der Waals surface area contributed by atoms with Crippen molar-refractivity contribution in [1.82, 2.24) is 9.88 Å². The molecule has 2 aromatic rings. The molecule has 3 rings (SSSR count). The van der Waals surface area contributed by atoms with E-state index in [1.807, 2.05) is 20.8 Å². The summed E-state index contributed by atoms with van der Waals surface area (Å²) in [4.78, 5) is 27.6. The number of non-ortho nitro benzene ring substituents is 1. The monoisotopic (exact) mass is 317 g/mol. The Kier molecular flexibility index (Phi) is 3.50. The molecule has 0 radical (unpaired) electrons. The van der Waals surface area contributed by atoms with Gasteiger partial charge in [0.15, 0.2) is 0 Å². The average molecular weight is 317 g/mol. The summed E-state index contributed by atoms with van der Waals surface area (Å²) in [7, 11) is 0. The van der Waals surface area contributed by atoms with Gasteiger partial charge in [-0.25, -0.2) is 4.79 Å². The number of nitrogens with one attached hydrogen (secondary N) is 1. The molecule has 0 saturated carbocycles. The first kappa shape index (κ1) is 15.3. The molecule has 1 aliphatic heterocycles. The number of nitro groups is 1. The van der Waals surface area contributed by atoms with Crippen molar-refractivity contribution < 1.29 is 14.5 Å². The topological polar surface area (TPSA) is 88.5 Å². The van der Waals surface area contributed by atoms with Crippen molar-refractivity contribution in [1.29, 1.82) is 0 Å². The summed E-state index contributed by atoms with van der Waals surface area (Å²) in [5.41, 5.74) is 2.36. The summed E-state index contributed by atoms with van der Waals surface area (Å²) >= 11 is 0. The van der Waals surface area contributed by atoms with Gasteiger partial charge < -0.3 is 14.6 Å². The number of ether oxygens (including phenoxy) is 1. The summed E-state index contributed by atoms with van der Waals surface area (Å²) in [5, 5.41) is 11.8. The van der Waals surface area contributed by atoms with E-state index in [2.05, 4.69) is 4.98 Å². The lowest BCUT2D eigenvalue weighted by atomic mass is 10.0. The van der Waals surface area contributed by atoms with Gasteiger partial charge in [-0.05, 0) is 38.8 Å². The Balaban J connectivity index is 1.88. The van der Waals surface area contributed by atoms with Gasteiger partial charge in [0.2, 0.25) is 0 Å². The van der Waals surface area contributed by atoms with Crippen LogP contribution in [0, 0.1) is 10.1 Å². The molecule has 1 aromatic heterocycles. The number of benzene rings is 1. The molecule has 1 N–H and O–H groups in total. The number of aromatic nitrogens is 1. The van der Waals surface area contributed by atoms with Crippen molar-refractivity contribution in [3.63, 3.8) is 0 Å². The highest BCUT2D eigenvalue weighted by Gasteiger charge is 2.28. The predicted octanol–water partition coefficient (Wildman–Crippen LogP) is 3.37. The second-order valence-corrected chi connectivity index (χ2v) is 6.72. The lowest BCUT2D eigenvalue weighted by Gasteiger charge is -2.30. The number of fused-ring (bicyclic) bond motifs is 3. The highest BCUT2D eigenvalue weighted by Crippen LogP contribution is 2.30. The summed E-state index contributed by atoms with van der Waals surface area (Å²) < 4.78 is 5.40. The van der Waals surface area contributed by atoms with E-state index in [4.69, 9.17) is 4.74 Å². The van der Waals surface area contributed by atoms with Gasteiger partial charge in [0.05, 0.1) is 11.5 Å². The summed E-state index contributed by atoms with van der Waals surface area (Å²) in [6.45, 7) is 6.47. The molecule has 0 bridgehead atoms. The molecule has 122 valence electrons. The van der Waals surface area contributed by atoms with Crippen LogP contribution in [0.15, 0.2) is 18.2 Å². The van der Waals surface area contributed by atoms with Crippen LogP contribution in [0.1, 0.15) is 32.0 Å². The molecule has 0 spiro atoms. The van der Waals surface area contributed by atoms with Gasteiger partial charge in [0.1, 0.15) is 5.60 Å². The molecular formula is C16H19N3O4. The lowest BCUT2D eigenvalue weighted by Crippen LogP contribution is -2.39. The number of amides is 1. The van der Waals surface area contributed by atoms with Crippen LogP contribution in [0.5, 0.6) is 0 Å². The van der Waals surface area contributed by atoms with E-state index in [1.54, 1.807) is 17.0 Å². The van der Waals surface area contributed by atoms with E-state index in [9.17, 15) is 14.9 Å². The molecule has 23 heavy (non-hydrogen) atoms. The standard InChI is InChI=1S/C16H19N3O4/c1-16(2,3)23-15(20)18-7-6-11-12-8-10(19(21)22)4-5-13(12)17-14(11)9-18/h4-5,8,17H,6-7,9H2,1-3H3. The molecule has 0 fully saturated rings. The van der Waals surface area contributed by atoms with Crippen molar-refractivity contribution in [3.8, 4) is 0 Å². The number of carbonyl (C=O) groups is 1. The molecule has 0 unspecified atom stereocenters. The van der Waals surface area contributed by atoms with Crippen LogP contribution in [0.25, 0.3) is 10.9 Å². The van der Waals surface area contributed by atoms with Gasteiger partial charge in [-0.3, -0.25) is 10.1 Å². The fraction of sp³-hybridized carbons (Fsp3) is 0.438. The highest BCUT2D eigenvalue weighted by molar-refractivity contribution is 5.87. The lowest BCUT2D eigenvalue weighted by molar-refractivity contribution is -0.384. The number of hydrogen-bond donors (Lipinski definition) is 1. The number of rotatable bonds is 1. The zero-order chi connectivity index (χ0) is 16.8. The first-order valence-electron chi connectivity index (χ1n) is 7.50. The smallest absolute Gasteiger partial charge is 0.410 e. The number of H-pyrrole nitrogens is 1. The molecule has 7 heteroatoms. The van der Waals surface area contributed by atoms with Crippen LogP contribution < -0.4 is 0 Å². The number of nitrogens with zero attached hydrogens (tertiary/aromatic N) is 2. The quantitative estimate of drug-likeness (QED) is 0.645. The normalized spacial score (nSPS) is 14.7. The average Bonchev–Trinajstić information content (AvgIpc) is 2.81. The summed E-state index contributed by atoms with van der Waals surface area (Å²) in [6.07, 6.45) is 0.309. The van der Waals surface area contributed by atoms with E-state index in [-0.39, 0.29) is 11.8 Å². The first-order valence-corrected chi connectivity index (χ1v) is 7.50. The van der Waals surface area contributed by atoms with E-state index in [0.717, 1.165) is 22.2 Å². The molecule has 2 heterocycles. The maximum absolute atomic E-state index is 12.2. The maximum atomic E-state index is 12.2. The fourth-order valence-corrected chi connectivity index (χ4v) is 2.82. The summed E-state index contributed by atoms with van der Waals surface area (Å²) in [5.74, 6) is 0. The van der Waals surface area contributed by atoms with Crippen LogP contribution in [-0.2, 0) is 17.7 Å². The van der Waals surface area contributed by atoms with Crippen LogP contribution in [0.3, 0.4) is 0 Å².